The third-order valence-corrected chi connectivity index (χ3v) is 4.86. The van der Waals surface area contributed by atoms with Crippen molar-refractivity contribution in [3.8, 4) is 0 Å². The van der Waals surface area contributed by atoms with Gasteiger partial charge in [0.2, 0.25) is 0 Å². The van der Waals surface area contributed by atoms with Gasteiger partial charge in [-0.25, -0.2) is 0 Å². The Balaban J connectivity index is 2.10. The molecule has 0 aliphatic carbocycles. The topological polar surface area (TPSA) is 46.3 Å². The fourth-order valence-corrected chi connectivity index (χ4v) is 3.59. The Morgan fingerprint density at radius 3 is 2.57 bits per heavy atom. The van der Waals surface area contributed by atoms with E-state index in [-0.39, 0.29) is 5.91 Å². The molecular formula is C17H25BrN2O. The Kier molecular flexibility index (Phi) is 4.97. The van der Waals surface area contributed by atoms with Crippen LogP contribution in [0.1, 0.15) is 50.4 Å². The van der Waals surface area contributed by atoms with E-state index < -0.39 is 0 Å². The normalized spacial score (nSPS) is 20.2. The van der Waals surface area contributed by atoms with Gasteiger partial charge in [-0.1, -0.05) is 36.7 Å². The quantitative estimate of drug-likeness (QED) is 0.765. The minimum atomic E-state index is 0.0950. The van der Waals surface area contributed by atoms with E-state index in [1.54, 1.807) is 6.07 Å². The van der Waals surface area contributed by atoms with Gasteiger partial charge < -0.3 is 10.6 Å². The number of nitrogen functional groups attached to an aromatic ring is 1. The second-order valence-corrected chi connectivity index (χ2v) is 7.97. The minimum absolute atomic E-state index is 0.0950. The number of benzene rings is 1. The standard InChI is InChI=1S/C17H25BrN2O/c1-17(2,3)13-5-4-7-20(8-6-13)16(21)12-9-14(18)11-15(19)10-12/h9-11,13H,4-8,19H2,1-3H3. The van der Waals surface area contributed by atoms with Crippen molar-refractivity contribution >= 4 is 27.5 Å². The van der Waals surface area contributed by atoms with Crippen LogP contribution < -0.4 is 5.73 Å². The number of rotatable bonds is 1. The number of halogens is 1. The highest BCUT2D eigenvalue weighted by molar-refractivity contribution is 9.10. The number of amides is 1. The lowest BCUT2D eigenvalue weighted by molar-refractivity contribution is 0.0755. The number of carbonyl (C=O) groups is 1. The lowest BCUT2D eigenvalue weighted by Gasteiger charge is -2.29. The number of hydrogen-bond donors (Lipinski definition) is 1. The van der Waals surface area contributed by atoms with Gasteiger partial charge in [0.1, 0.15) is 0 Å². The van der Waals surface area contributed by atoms with Crippen LogP contribution in [-0.4, -0.2) is 23.9 Å². The molecule has 4 heteroatoms. The van der Waals surface area contributed by atoms with Gasteiger partial charge in [-0.3, -0.25) is 4.79 Å². The maximum Gasteiger partial charge on any atom is 0.253 e. The summed E-state index contributed by atoms with van der Waals surface area (Å²) in [7, 11) is 0. The Hall–Kier alpha value is -1.03. The maximum absolute atomic E-state index is 12.7. The zero-order chi connectivity index (χ0) is 15.6. The summed E-state index contributed by atoms with van der Waals surface area (Å²) in [6.07, 6.45) is 3.36. The highest BCUT2D eigenvalue weighted by Crippen LogP contribution is 2.34. The summed E-state index contributed by atoms with van der Waals surface area (Å²) in [5.74, 6) is 0.778. The molecule has 1 aliphatic rings. The third kappa shape index (κ3) is 4.22. The van der Waals surface area contributed by atoms with Gasteiger partial charge in [-0.15, -0.1) is 0 Å². The van der Waals surface area contributed by atoms with E-state index >= 15 is 0 Å². The molecule has 21 heavy (non-hydrogen) atoms. The van der Waals surface area contributed by atoms with E-state index in [1.165, 1.54) is 6.42 Å². The summed E-state index contributed by atoms with van der Waals surface area (Å²) in [6.45, 7) is 8.57. The predicted octanol–water partition coefficient (Wildman–Crippen LogP) is 4.32. The van der Waals surface area contributed by atoms with Crippen molar-refractivity contribution in [3.05, 3.63) is 28.2 Å². The molecule has 1 aromatic rings. The van der Waals surface area contributed by atoms with Gasteiger partial charge in [0.15, 0.2) is 0 Å². The number of carbonyl (C=O) groups excluding carboxylic acids is 1. The first-order valence-corrected chi connectivity index (χ1v) is 8.42. The van der Waals surface area contributed by atoms with E-state index in [4.69, 9.17) is 5.73 Å². The number of nitrogens with two attached hydrogens (primary N) is 1. The zero-order valence-electron chi connectivity index (χ0n) is 13.2. The molecule has 0 bridgehead atoms. The van der Waals surface area contributed by atoms with Crippen LogP contribution in [0.3, 0.4) is 0 Å². The van der Waals surface area contributed by atoms with Crippen molar-refractivity contribution in [1.29, 1.82) is 0 Å². The molecule has 2 rings (SSSR count). The van der Waals surface area contributed by atoms with E-state index in [0.29, 0.717) is 22.6 Å². The van der Waals surface area contributed by atoms with Crippen molar-refractivity contribution in [3.63, 3.8) is 0 Å². The van der Waals surface area contributed by atoms with Crippen molar-refractivity contribution in [2.75, 3.05) is 18.8 Å². The summed E-state index contributed by atoms with van der Waals surface area (Å²) in [5, 5.41) is 0. The molecule has 1 amide bonds. The second-order valence-electron chi connectivity index (χ2n) is 7.06. The SMILES string of the molecule is CC(C)(C)C1CCCN(C(=O)c2cc(N)cc(Br)c2)CC1. The van der Waals surface area contributed by atoms with Crippen LogP contribution in [0.2, 0.25) is 0 Å². The maximum atomic E-state index is 12.7. The zero-order valence-corrected chi connectivity index (χ0v) is 14.7. The van der Waals surface area contributed by atoms with E-state index in [1.807, 2.05) is 17.0 Å². The van der Waals surface area contributed by atoms with Crippen LogP contribution in [0, 0.1) is 11.3 Å². The van der Waals surface area contributed by atoms with Gasteiger partial charge in [-0.2, -0.15) is 0 Å². The van der Waals surface area contributed by atoms with Crippen LogP contribution >= 0.6 is 15.9 Å². The van der Waals surface area contributed by atoms with Crippen LogP contribution in [-0.2, 0) is 0 Å². The first-order valence-electron chi connectivity index (χ1n) is 7.63. The molecule has 1 saturated heterocycles. The molecule has 1 aliphatic heterocycles. The Morgan fingerprint density at radius 2 is 1.95 bits per heavy atom. The van der Waals surface area contributed by atoms with Crippen LogP contribution in [0.5, 0.6) is 0 Å². The summed E-state index contributed by atoms with van der Waals surface area (Å²) < 4.78 is 0.855. The van der Waals surface area contributed by atoms with E-state index in [0.717, 1.165) is 30.4 Å². The number of likely N-dealkylation sites (tertiary alicyclic amines) is 1. The molecule has 0 saturated carbocycles. The van der Waals surface area contributed by atoms with Crippen molar-refractivity contribution in [2.24, 2.45) is 11.3 Å². The Labute approximate surface area is 136 Å². The molecule has 0 aromatic heterocycles. The monoisotopic (exact) mass is 352 g/mol. The number of anilines is 1. The molecule has 1 atom stereocenters. The Bertz CT molecular complexity index is 502. The molecule has 0 radical (unpaired) electrons. The first kappa shape index (κ1) is 16.3. The molecule has 1 unspecified atom stereocenters. The lowest BCUT2D eigenvalue weighted by Crippen LogP contribution is -2.32. The van der Waals surface area contributed by atoms with Gasteiger partial charge in [0, 0.05) is 28.8 Å². The van der Waals surface area contributed by atoms with Gasteiger partial charge in [0.05, 0.1) is 0 Å². The first-order chi connectivity index (χ1) is 9.77. The fourth-order valence-electron chi connectivity index (χ4n) is 3.08. The van der Waals surface area contributed by atoms with Gasteiger partial charge in [-0.05, 0) is 48.8 Å². The van der Waals surface area contributed by atoms with E-state index in [2.05, 4.69) is 36.7 Å². The highest BCUT2D eigenvalue weighted by atomic mass is 79.9. The molecule has 1 aromatic carbocycles. The molecule has 0 spiro atoms. The molecule has 3 nitrogen and oxygen atoms in total. The molecular weight excluding hydrogens is 328 g/mol. The highest BCUT2D eigenvalue weighted by Gasteiger charge is 2.28. The van der Waals surface area contributed by atoms with E-state index in [9.17, 15) is 4.79 Å². The summed E-state index contributed by atoms with van der Waals surface area (Å²) >= 11 is 3.41. The van der Waals surface area contributed by atoms with Crippen molar-refractivity contribution in [2.45, 2.75) is 40.0 Å². The molecule has 116 valence electrons. The smallest absolute Gasteiger partial charge is 0.253 e. The second kappa shape index (κ2) is 6.39. The lowest BCUT2D eigenvalue weighted by atomic mass is 9.77. The predicted molar refractivity (Wildman–Crippen MR) is 91.3 cm³/mol. The third-order valence-electron chi connectivity index (χ3n) is 4.41. The minimum Gasteiger partial charge on any atom is -0.399 e. The summed E-state index contributed by atoms with van der Waals surface area (Å²) in [5.41, 5.74) is 7.45. The van der Waals surface area contributed by atoms with Crippen molar-refractivity contribution in [1.82, 2.24) is 4.90 Å². The molecule has 2 N–H and O–H groups in total. The average molecular weight is 353 g/mol. The Morgan fingerprint density at radius 1 is 1.24 bits per heavy atom. The molecule has 1 fully saturated rings. The summed E-state index contributed by atoms with van der Waals surface area (Å²) in [4.78, 5) is 14.6. The average Bonchev–Trinajstić information content (AvgIpc) is 2.61. The number of hydrogen-bond acceptors (Lipinski definition) is 2. The largest absolute Gasteiger partial charge is 0.399 e. The van der Waals surface area contributed by atoms with Crippen LogP contribution in [0.4, 0.5) is 5.69 Å². The fraction of sp³-hybridized carbons (Fsp3) is 0.588. The van der Waals surface area contributed by atoms with Gasteiger partial charge in [0.25, 0.3) is 5.91 Å². The van der Waals surface area contributed by atoms with Crippen molar-refractivity contribution < 1.29 is 4.79 Å². The van der Waals surface area contributed by atoms with Crippen LogP contribution in [0.15, 0.2) is 22.7 Å². The van der Waals surface area contributed by atoms with Crippen LogP contribution in [0.25, 0.3) is 0 Å². The molecule has 1 heterocycles. The summed E-state index contributed by atoms with van der Waals surface area (Å²) in [6, 6.07) is 5.43. The van der Waals surface area contributed by atoms with Gasteiger partial charge >= 0.3 is 0 Å². The number of nitrogens with zero attached hydrogens (tertiary/aromatic N) is 1.